The fourth-order valence-electron chi connectivity index (χ4n) is 1.22. The zero-order valence-corrected chi connectivity index (χ0v) is 8.08. The van der Waals surface area contributed by atoms with Crippen LogP contribution in [0.1, 0.15) is 38.4 Å². The summed E-state index contributed by atoms with van der Waals surface area (Å²) in [6.45, 7) is 2.10. The van der Waals surface area contributed by atoms with Crippen LogP contribution in [0.25, 0.3) is 0 Å². The summed E-state index contributed by atoms with van der Waals surface area (Å²) in [5.74, 6) is 1.25. The van der Waals surface area contributed by atoms with E-state index >= 15 is 0 Å². The van der Waals surface area contributed by atoms with Gasteiger partial charge in [-0.05, 0) is 18.6 Å². The number of hydrogen-bond acceptors (Lipinski definition) is 2. The van der Waals surface area contributed by atoms with Gasteiger partial charge in [0.1, 0.15) is 11.5 Å². The molecule has 0 saturated heterocycles. The topological polar surface area (TPSA) is 30.2 Å². The first kappa shape index (κ1) is 10.0. The molecule has 2 heteroatoms. The Morgan fingerprint density at radius 2 is 2.31 bits per heavy atom. The number of carbonyl (C=O) groups is 1. The van der Waals surface area contributed by atoms with Crippen molar-refractivity contribution < 1.29 is 9.21 Å². The quantitative estimate of drug-likeness (QED) is 0.673. The van der Waals surface area contributed by atoms with Crippen LogP contribution in [-0.4, -0.2) is 5.78 Å². The SMILES string of the molecule is CCCCC(=O)CCc1ccco1. The Balaban J connectivity index is 2.15. The largest absolute Gasteiger partial charge is 0.469 e. The van der Waals surface area contributed by atoms with Crippen molar-refractivity contribution in [3.8, 4) is 0 Å². The van der Waals surface area contributed by atoms with Gasteiger partial charge in [0.25, 0.3) is 0 Å². The van der Waals surface area contributed by atoms with E-state index in [2.05, 4.69) is 6.92 Å². The molecule has 0 spiro atoms. The van der Waals surface area contributed by atoms with Gasteiger partial charge in [-0.3, -0.25) is 4.79 Å². The summed E-state index contributed by atoms with van der Waals surface area (Å²) in [5.41, 5.74) is 0. The highest BCUT2D eigenvalue weighted by Gasteiger charge is 2.02. The van der Waals surface area contributed by atoms with Crippen molar-refractivity contribution >= 4 is 5.78 Å². The molecule has 1 rings (SSSR count). The maximum Gasteiger partial charge on any atom is 0.133 e. The van der Waals surface area contributed by atoms with E-state index in [4.69, 9.17) is 4.42 Å². The van der Waals surface area contributed by atoms with Gasteiger partial charge in [-0.15, -0.1) is 0 Å². The number of hydrogen-bond donors (Lipinski definition) is 0. The van der Waals surface area contributed by atoms with E-state index in [9.17, 15) is 4.79 Å². The van der Waals surface area contributed by atoms with E-state index in [0.717, 1.165) is 31.4 Å². The van der Waals surface area contributed by atoms with Gasteiger partial charge < -0.3 is 4.42 Å². The predicted molar refractivity (Wildman–Crippen MR) is 51.6 cm³/mol. The molecular weight excluding hydrogens is 164 g/mol. The van der Waals surface area contributed by atoms with Crippen LogP contribution in [-0.2, 0) is 11.2 Å². The second-order valence-corrected chi connectivity index (χ2v) is 3.22. The molecule has 0 aromatic carbocycles. The van der Waals surface area contributed by atoms with Gasteiger partial charge in [-0.1, -0.05) is 13.3 Å². The molecule has 1 aromatic rings. The zero-order valence-electron chi connectivity index (χ0n) is 8.08. The standard InChI is InChI=1S/C11H16O2/c1-2-3-5-10(12)7-8-11-6-4-9-13-11/h4,6,9H,2-3,5,7-8H2,1H3. The normalized spacial score (nSPS) is 10.2. The molecule has 0 saturated carbocycles. The minimum Gasteiger partial charge on any atom is -0.469 e. The van der Waals surface area contributed by atoms with Crippen LogP contribution in [0.4, 0.5) is 0 Å². The third-order valence-corrected chi connectivity index (χ3v) is 2.04. The number of furan rings is 1. The van der Waals surface area contributed by atoms with Crippen molar-refractivity contribution in [2.75, 3.05) is 0 Å². The van der Waals surface area contributed by atoms with Crippen molar-refractivity contribution in [2.24, 2.45) is 0 Å². The molecule has 0 fully saturated rings. The van der Waals surface area contributed by atoms with Crippen LogP contribution in [0.2, 0.25) is 0 Å². The lowest BCUT2D eigenvalue weighted by molar-refractivity contribution is -0.119. The van der Waals surface area contributed by atoms with Gasteiger partial charge in [0, 0.05) is 19.3 Å². The molecule has 0 unspecified atom stereocenters. The second-order valence-electron chi connectivity index (χ2n) is 3.22. The summed E-state index contributed by atoms with van der Waals surface area (Å²) in [6.07, 6.45) is 5.83. The summed E-state index contributed by atoms with van der Waals surface area (Å²) in [7, 11) is 0. The Hall–Kier alpha value is -1.05. The first-order valence-corrected chi connectivity index (χ1v) is 4.87. The molecule has 0 aliphatic rings. The molecule has 0 N–H and O–H groups in total. The van der Waals surface area contributed by atoms with Crippen LogP contribution in [0.5, 0.6) is 0 Å². The molecule has 0 atom stereocenters. The lowest BCUT2D eigenvalue weighted by Gasteiger charge is -1.97. The van der Waals surface area contributed by atoms with Crippen LogP contribution >= 0.6 is 0 Å². The maximum atomic E-state index is 11.3. The summed E-state index contributed by atoms with van der Waals surface area (Å²) in [4.78, 5) is 11.3. The molecule has 1 aromatic heterocycles. The van der Waals surface area contributed by atoms with E-state index in [0.29, 0.717) is 12.2 Å². The predicted octanol–water partition coefficient (Wildman–Crippen LogP) is 2.97. The van der Waals surface area contributed by atoms with Crippen molar-refractivity contribution in [1.82, 2.24) is 0 Å². The molecule has 0 radical (unpaired) electrons. The van der Waals surface area contributed by atoms with Gasteiger partial charge in [-0.2, -0.15) is 0 Å². The first-order chi connectivity index (χ1) is 6.33. The number of rotatable bonds is 6. The highest BCUT2D eigenvalue weighted by molar-refractivity contribution is 5.78. The van der Waals surface area contributed by atoms with Gasteiger partial charge in [0.15, 0.2) is 0 Å². The number of unbranched alkanes of at least 4 members (excludes halogenated alkanes) is 1. The summed E-state index contributed by atoms with van der Waals surface area (Å²) in [5, 5.41) is 0. The van der Waals surface area contributed by atoms with Gasteiger partial charge in [0.05, 0.1) is 6.26 Å². The van der Waals surface area contributed by atoms with Crippen molar-refractivity contribution in [3.63, 3.8) is 0 Å². The van der Waals surface area contributed by atoms with Gasteiger partial charge >= 0.3 is 0 Å². The molecule has 2 nitrogen and oxygen atoms in total. The smallest absolute Gasteiger partial charge is 0.133 e. The molecule has 0 amide bonds. The fourth-order valence-corrected chi connectivity index (χ4v) is 1.22. The minimum atomic E-state index is 0.346. The van der Waals surface area contributed by atoms with Crippen molar-refractivity contribution in [3.05, 3.63) is 24.2 Å². The van der Waals surface area contributed by atoms with Gasteiger partial charge in [0.2, 0.25) is 0 Å². The summed E-state index contributed by atoms with van der Waals surface area (Å²) >= 11 is 0. The van der Waals surface area contributed by atoms with Crippen LogP contribution in [0.3, 0.4) is 0 Å². The molecule has 0 aliphatic carbocycles. The Bertz CT molecular complexity index is 237. The lowest BCUT2D eigenvalue weighted by atomic mass is 10.1. The Kier molecular flexibility index (Phi) is 4.30. The van der Waals surface area contributed by atoms with Crippen LogP contribution < -0.4 is 0 Å². The van der Waals surface area contributed by atoms with Gasteiger partial charge in [-0.25, -0.2) is 0 Å². The van der Waals surface area contributed by atoms with Crippen LogP contribution in [0, 0.1) is 0 Å². The monoisotopic (exact) mass is 180 g/mol. The number of Topliss-reactive ketones (excluding diaryl/α,β-unsaturated/α-hetero) is 1. The molecule has 13 heavy (non-hydrogen) atoms. The molecule has 0 aliphatic heterocycles. The number of aryl methyl sites for hydroxylation is 1. The third kappa shape index (κ3) is 3.92. The lowest BCUT2D eigenvalue weighted by Crippen LogP contribution is -1.99. The highest BCUT2D eigenvalue weighted by Crippen LogP contribution is 2.06. The molecule has 1 heterocycles. The van der Waals surface area contributed by atoms with E-state index in [1.165, 1.54) is 0 Å². The minimum absolute atomic E-state index is 0.346. The second kappa shape index (κ2) is 5.57. The highest BCUT2D eigenvalue weighted by atomic mass is 16.3. The Labute approximate surface area is 78.9 Å². The fraction of sp³-hybridized carbons (Fsp3) is 0.545. The van der Waals surface area contributed by atoms with E-state index in [-0.39, 0.29) is 0 Å². The number of carbonyl (C=O) groups excluding carboxylic acids is 1. The van der Waals surface area contributed by atoms with Crippen molar-refractivity contribution in [1.29, 1.82) is 0 Å². The molecule has 0 bridgehead atoms. The van der Waals surface area contributed by atoms with E-state index in [1.807, 2.05) is 12.1 Å². The van der Waals surface area contributed by atoms with E-state index in [1.54, 1.807) is 6.26 Å². The maximum absolute atomic E-state index is 11.3. The average Bonchev–Trinajstić information content (AvgIpc) is 2.64. The molecular formula is C11H16O2. The molecule has 72 valence electrons. The average molecular weight is 180 g/mol. The Morgan fingerprint density at radius 3 is 2.92 bits per heavy atom. The number of ketones is 1. The Morgan fingerprint density at radius 1 is 1.46 bits per heavy atom. The van der Waals surface area contributed by atoms with Crippen LogP contribution in [0.15, 0.2) is 22.8 Å². The summed E-state index contributed by atoms with van der Waals surface area (Å²) in [6, 6.07) is 3.76. The van der Waals surface area contributed by atoms with E-state index < -0.39 is 0 Å². The van der Waals surface area contributed by atoms with Crippen molar-refractivity contribution in [2.45, 2.75) is 39.0 Å². The first-order valence-electron chi connectivity index (χ1n) is 4.87. The zero-order chi connectivity index (χ0) is 9.52. The summed E-state index contributed by atoms with van der Waals surface area (Å²) < 4.78 is 5.14. The third-order valence-electron chi connectivity index (χ3n) is 2.04.